The number of hydrogen-bond donors (Lipinski definition) is 1. The number of benzene rings is 2. The van der Waals surface area contributed by atoms with E-state index < -0.39 is 0 Å². The summed E-state index contributed by atoms with van der Waals surface area (Å²) in [6, 6.07) is 12.9. The van der Waals surface area contributed by atoms with Gasteiger partial charge in [-0.1, -0.05) is 11.3 Å². The van der Waals surface area contributed by atoms with Crippen LogP contribution in [0.1, 0.15) is 17.3 Å². The molecule has 0 unspecified atom stereocenters. The average Bonchev–Trinajstić information content (AvgIpc) is 3.02. The second kappa shape index (κ2) is 7.31. The van der Waals surface area contributed by atoms with Crippen LogP contribution in [0.5, 0.6) is 11.5 Å². The van der Waals surface area contributed by atoms with Crippen molar-refractivity contribution >= 4 is 32.5 Å². The third-order valence-electron chi connectivity index (χ3n) is 3.48. The number of aromatic nitrogens is 1. The van der Waals surface area contributed by atoms with Gasteiger partial charge in [-0.2, -0.15) is 0 Å². The Morgan fingerprint density at radius 3 is 2.62 bits per heavy atom. The van der Waals surface area contributed by atoms with Gasteiger partial charge in [0.25, 0.3) is 0 Å². The third-order valence-corrected chi connectivity index (χ3v) is 4.46. The Kier molecular flexibility index (Phi) is 4.96. The molecule has 0 atom stereocenters. The first-order valence-corrected chi connectivity index (χ1v) is 8.45. The fourth-order valence-corrected chi connectivity index (χ4v) is 3.16. The lowest BCUT2D eigenvalue weighted by Gasteiger charge is -2.03. The monoisotopic (exact) mass is 342 g/mol. The van der Waals surface area contributed by atoms with E-state index in [0.29, 0.717) is 12.2 Å². The summed E-state index contributed by atoms with van der Waals surface area (Å²) in [5.41, 5.74) is 1.53. The van der Waals surface area contributed by atoms with Gasteiger partial charge in [0, 0.05) is 5.56 Å². The Labute approximate surface area is 144 Å². The minimum Gasteiger partial charge on any atom is -0.497 e. The Balaban J connectivity index is 1.67. The quantitative estimate of drug-likeness (QED) is 0.658. The molecule has 0 amide bonds. The van der Waals surface area contributed by atoms with Crippen LogP contribution in [0, 0.1) is 0 Å². The minimum atomic E-state index is 0.00640. The summed E-state index contributed by atoms with van der Waals surface area (Å²) in [6.07, 6.45) is 0. The maximum Gasteiger partial charge on any atom is 0.184 e. The van der Waals surface area contributed by atoms with Gasteiger partial charge >= 0.3 is 0 Å². The molecule has 0 aliphatic carbocycles. The number of nitrogens with one attached hydrogen (secondary N) is 1. The van der Waals surface area contributed by atoms with Crippen LogP contribution in [0.25, 0.3) is 10.2 Å². The van der Waals surface area contributed by atoms with Crippen LogP contribution >= 0.6 is 11.3 Å². The van der Waals surface area contributed by atoms with Crippen molar-refractivity contribution in [1.82, 2.24) is 4.98 Å². The highest BCUT2D eigenvalue weighted by Crippen LogP contribution is 2.29. The molecule has 3 aromatic rings. The number of thiazole rings is 1. The predicted octanol–water partition coefficient (Wildman–Crippen LogP) is 4.00. The van der Waals surface area contributed by atoms with Crippen molar-refractivity contribution in [3.8, 4) is 11.5 Å². The van der Waals surface area contributed by atoms with Crippen LogP contribution in [0.4, 0.5) is 5.13 Å². The molecule has 3 rings (SSSR count). The van der Waals surface area contributed by atoms with Gasteiger partial charge in [0.15, 0.2) is 10.9 Å². The van der Waals surface area contributed by atoms with Crippen molar-refractivity contribution in [2.45, 2.75) is 6.92 Å². The summed E-state index contributed by atoms with van der Waals surface area (Å²) in [4.78, 5) is 16.7. The molecule has 0 bridgehead atoms. The lowest BCUT2D eigenvalue weighted by Crippen LogP contribution is -2.13. The molecular weight excluding hydrogens is 324 g/mol. The molecule has 1 aromatic heterocycles. The Bertz CT molecular complexity index is 843. The average molecular weight is 342 g/mol. The van der Waals surface area contributed by atoms with Gasteiger partial charge in [0.05, 0.1) is 30.5 Å². The van der Waals surface area contributed by atoms with E-state index in [1.807, 2.05) is 25.1 Å². The molecule has 2 aromatic carbocycles. The molecule has 0 fully saturated rings. The molecule has 0 radical (unpaired) electrons. The van der Waals surface area contributed by atoms with Crippen LogP contribution < -0.4 is 14.8 Å². The molecule has 1 N–H and O–H groups in total. The molecule has 0 spiro atoms. The first kappa shape index (κ1) is 16.3. The standard InChI is InChI=1S/C18H18N2O3S/c1-3-23-14-8-9-15-17(10-14)24-18(20-15)19-11-16(21)12-4-6-13(22-2)7-5-12/h4-10H,3,11H2,1-2H3,(H,19,20). The van der Waals surface area contributed by atoms with Crippen molar-refractivity contribution in [2.75, 3.05) is 25.6 Å². The summed E-state index contributed by atoms with van der Waals surface area (Å²) in [7, 11) is 1.60. The van der Waals surface area contributed by atoms with Crippen molar-refractivity contribution in [3.63, 3.8) is 0 Å². The molecule has 0 saturated heterocycles. The van der Waals surface area contributed by atoms with Gasteiger partial charge in [-0.3, -0.25) is 4.79 Å². The first-order valence-electron chi connectivity index (χ1n) is 7.64. The highest BCUT2D eigenvalue weighted by molar-refractivity contribution is 7.22. The Hall–Kier alpha value is -2.60. The molecule has 0 aliphatic rings. The number of methoxy groups -OCH3 is 1. The van der Waals surface area contributed by atoms with Crippen LogP contribution in [-0.2, 0) is 0 Å². The second-order valence-electron chi connectivity index (χ2n) is 5.09. The van der Waals surface area contributed by atoms with E-state index in [2.05, 4.69) is 10.3 Å². The van der Waals surface area contributed by atoms with Crippen LogP contribution in [0.3, 0.4) is 0 Å². The van der Waals surface area contributed by atoms with E-state index >= 15 is 0 Å². The van der Waals surface area contributed by atoms with Crippen molar-refractivity contribution < 1.29 is 14.3 Å². The number of carbonyl (C=O) groups is 1. The summed E-state index contributed by atoms with van der Waals surface area (Å²) in [5.74, 6) is 1.57. The number of rotatable bonds is 7. The van der Waals surface area contributed by atoms with Crippen LogP contribution in [0.15, 0.2) is 42.5 Å². The zero-order chi connectivity index (χ0) is 16.9. The predicted molar refractivity (Wildman–Crippen MR) is 96.6 cm³/mol. The molecule has 24 heavy (non-hydrogen) atoms. The second-order valence-corrected chi connectivity index (χ2v) is 6.12. The van der Waals surface area contributed by atoms with Gasteiger partial charge in [0.1, 0.15) is 11.5 Å². The zero-order valence-electron chi connectivity index (χ0n) is 13.5. The van der Waals surface area contributed by atoms with Gasteiger partial charge in [0.2, 0.25) is 0 Å². The highest BCUT2D eigenvalue weighted by atomic mass is 32.1. The molecule has 124 valence electrons. The Morgan fingerprint density at radius 2 is 1.92 bits per heavy atom. The number of hydrogen-bond acceptors (Lipinski definition) is 6. The molecule has 0 aliphatic heterocycles. The number of ether oxygens (including phenoxy) is 2. The van der Waals surface area contributed by atoms with Crippen molar-refractivity contribution in [1.29, 1.82) is 0 Å². The van der Waals surface area contributed by atoms with E-state index in [1.165, 1.54) is 11.3 Å². The maximum atomic E-state index is 12.2. The van der Waals surface area contributed by atoms with Gasteiger partial charge < -0.3 is 14.8 Å². The van der Waals surface area contributed by atoms with Crippen LogP contribution in [-0.4, -0.2) is 31.0 Å². The fourth-order valence-electron chi connectivity index (χ4n) is 2.27. The van der Waals surface area contributed by atoms with E-state index in [1.54, 1.807) is 31.4 Å². The third kappa shape index (κ3) is 3.65. The van der Waals surface area contributed by atoms with E-state index in [4.69, 9.17) is 9.47 Å². The minimum absolute atomic E-state index is 0.00640. The highest BCUT2D eigenvalue weighted by Gasteiger charge is 2.09. The smallest absolute Gasteiger partial charge is 0.184 e. The molecule has 1 heterocycles. The number of fused-ring (bicyclic) bond motifs is 1. The lowest BCUT2D eigenvalue weighted by molar-refractivity contribution is 0.101. The number of carbonyl (C=O) groups excluding carboxylic acids is 1. The number of anilines is 1. The summed E-state index contributed by atoms with van der Waals surface area (Å²) in [5, 5.41) is 3.82. The summed E-state index contributed by atoms with van der Waals surface area (Å²) in [6.45, 7) is 2.78. The van der Waals surface area contributed by atoms with Gasteiger partial charge in [-0.15, -0.1) is 0 Å². The normalized spacial score (nSPS) is 10.6. The Morgan fingerprint density at radius 1 is 1.17 bits per heavy atom. The van der Waals surface area contributed by atoms with E-state index in [-0.39, 0.29) is 12.3 Å². The fraction of sp³-hybridized carbons (Fsp3) is 0.222. The largest absolute Gasteiger partial charge is 0.497 e. The first-order chi connectivity index (χ1) is 11.7. The van der Waals surface area contributed by atoms with E-state index in [0.717, 1.165) is 26.8 Å². The van der Waals surface area contributed by atoms with E-state index in [9.17, 15) is 4.79 Å². The molecule has 6 heteroatoms. The molecule has 5 nitrogen and oxygen atoms in total. The van der Waals surface area contributed by atoms with Crippen LogP contribution in [0.2, 0.25) is 0 Å². The number of ketones is 1. The molecule has 0 saturated carbocycles. The lowest BCUT2D eigenvalue weighted by atomic mass is 10.1. The number of nitrogens with zero attached hydrogens (tertiary/aromatic N) is 1. The van der Waals surface area contributed by atoms with Crippen molar-refractivity contribution in [2.24, 2.45) is 0 Å². The van der Waals surface area contributed by atoms with Gasteiger partial charge in [-0.05, 0) is 49.4 Å². The SMILES string of the molecule is CCOc1ccc2nc(NCC(=O)c3ccc(OC)cc3)sc2c1. The summed E-state index contributed by atoms with van der Waals surface area (Å²) >= 11 is 1.51. The molecular formula is C18H18N2O3S. The number of Topliss-reactive ketones (excluding diaryl/α,β-unsaturated/α-hetero) is 1. The zero-order valence-corrected chi connectivity index (χ0v) is 14.4. The maximum absolute atomic E-state index is 12.2. The van der Waals surface area contributed by atoms with Crippen molar-refractivity contribution in [3.05, 3.63) is 48.0 Å². The van der Waals surface area contributed by atoms with Gasteiger partial charge in [-0.25, -0.2) is 4.98 Å². The topological polar surface area (TPSA) is 60.5 Å². The summed E-state index contributed by atoms with van der Waals surface area (Å²) < 4.78 is 11.6.